The van der Waals surface area contributed by atoms with E-state index in [1.807, 2.05) is 24.2 Å². The highest BCUT2D eigenvalue weighted by Crippen LogP contribution is 2.08. The van der Waals surface area contributed by atoms with Crippen molar-refractivity contribution in [2.45, 2.75) is 11.3 Å². The van der Waals surface area contributed by atoms with Gasteiger partial charge in [0.2, 0.25) is 10.0 Å². The van der Waals surface area contributed by atoms with Crippen LogP contribution in [0.2, 0.25) is 0 Å². The lowest BCUT2D eigenvalue weighted by Gasteiger charge is -1.96. The molecular formula is C13H14N2O3S. The number of primary sulfonamides is 1. The average molecular weight is 278 g/mol. The number of nitrogen functional groups attached to an aromatic ring is 1. The molecule has 100 valence electrons. The van der Waals surface area contributed by atoms with Crippen molar-refractivity contribution >= 4 is 21.7 Å². The first-order valence-electron chi connectivity index (χ1n) is 5.39. The second-order valence-corrected chi connectivity index (χ2v) is 5.29. The Morgan fingerprint density at radius 3 is 2.11 bits per heavy atom. The van der Waals surface area contributed by atoms with E-state index >= 15 is 0 Å². The largest absolute Gasteiger partial charge is 0.399 e. The van der Waals surface area contributed by atoms with Crippen molar-refractivity contribution in [2.24, 2.45) is 5.14 Å². The van der Waals surface area contributed by atoms with E-state index in [0.717, 1.165) is 12.0 Å². The molecule has 2 rings (SSSR count). The molecule has 1 aromatic carbocycles. The number of sulfonamides is 1. The highest BCUT2D eigenvalue weighted by Gasteiger charge is 2.04. The number of carbonyl (C=O) groups excluding carboxylic acids is 1. The summed E-state index contributed by atoms with van der Waals surface area (Å²) >= 11 is 0. The summed E-state index contributed by atoms with van der Waals surface area (Å²) in [4.78, 5) is 9.99. The number of hydrogen-bond donors (Lipinski definition) is 2. The molecule has 1 aromatic rings. The van der Waals surface area contributed by atoms with Gasteiger partial charge in [-0.05, 0) is 30.3 Å². The van der Waals surface area contributed by atoms with Gasteiger partial charge in [0.25, 0.3) is 0 Å². The molecule has 0 saturated heterocycles. The van der Waals surface area contributed by atoms with Gasteiger partial charge in [0.1, 0.15) is 5.94 Å². The number of nitrogens with two attached hydrogens (primary N) is 2. The van der Waals surface area contributed by atoms with Gasteiger partial charge in [-0.15, -0.1) is 0 Å². The van der Waals surface area contributed by atoms with E-state index in [-0.39, 0.29) is 4.90 Å². The fraction of sp³-hybridized carbons (Fsp3) is 0.0769. The van der Waals surface area contributed by atoms with E-state index in [9.17, 15) is 13.2 Å². The summed E-state index contributed by atoms with van der Waals surface area (Å²) in [5.74, 6) is 1.83. The van der Waals surface area contributed by atoms with Gasteiger partial charge in [-0.2, -0.15) is 0 Å². The Morgan fingerprint density at radius 2 is 1.74 bits per heavy atom. The Labute approximate surface area is 112 Å². The summed E-state index contributed by atoms with van der Waals surface area (Å²) in [5.41, 5.74) is 6.57. The van der Waals surface area contributed by atoms with Crippen LogP contribution >= 0.6 is 0 Å². The fourth-order valence-electron chi connectivity index (χ4n) is 1.25. The molecule has 0 bridgehead atoms. The fourth-order valence-corrected chi connectivity index (χ4v) is 1.76. The predicted molar refractivity (Wildman–Crippen MR) is 74.3 cm³/mol. The van der Waals surface area contributed by atoms with Crippen LogP contribution in [0, 0.1) is 0 Å². The topological polar surface area (TPSA) is 103 Å². The number of anilines is 1. The number of allylic oxidation sites excluding steroid dienone is 5. The first-order chi connectivity index (χ1) is 8.93. The Morgan fingerprint density at radius 1 is 1.11 bits per heavy atom. The Bertz CT molecular complexity index is 637. The monoisotopic (exact) mass is 278 g/mol. The molecule has 4 N–H and O–H groups in total. The van der Waals surface area contributed by atoms with Gasteiger partial charge >= 0.3 is 0 Å². The zero-order chi connectivity index (χ0) is 14.3. The number of rotatable bonds is 1. The van der Waals surface area contributed by atoms with Crippen LogP contribution in [0.25, 0.3) is 0 Å². The van der Waals surface area contributed by atoms with Gasteiger partial charge in [-0.1, -0.05) is 18.2 Å². The summed E-state index contributed by atoms with van der Waals surface area (Å²) in [5, 5.41) is 4.84. The van der Waals surface area contributed by atoms with Gasteiger partial charge in [0.15, 0.2) is 0 Å². The molecule has 0 unspecified atom stereocenters. The quantitative estimate of drug-likeness (QED) is 0.594. The molecule has 0 atom stereocenters. The highest BCUT2D eigenvalue weighted by molar-refractivity contribution is 7.89. The van der Waals surface area contributed by atoms with E-state index in [0.29, 0.717) is 5.69 Å². The average Bonchev–Trinajstić information content (AvgIpc) is 2.40. The lowest BCUT2D eigenvalue weighted by molar-refractivity contribution is 0.567. The highest BCUT2D eigenvalue weighted by atomic mass is 32.2. The zero-order valence-electron chi connectivity index (χ0n) is 10.1. The van der Waals surface area contributed by atoms with E-state index in [2.05, 4.69) is 0 Å². The van der Waals surface area contributed by atoms with E-state index in [4.69, 9.17) is 10.9 Å². The van der Waals surface area contributed by atoms with E-state index in [1.54, 1.807) is 6.08 Å². The molecule has 0 saturated carbocycles. The van der Waals surface area contributed by atoms with Gasteiger partial charge in [0.05, 0.1) is 4.90 Å². The molecular weight excluding hydrogens is 264 g/mol. The SMILES string of the molecule is Nc1ccc(S(N)(=O)=O)cc1.O=C=C1C=CC=CC1. The second kappa shape index (κ2) is 6.70. The zero-order valence-corrected chi connectivity index (χ0v) is 10.9. The lowest BCUT2D eigenvalue weighted by atomic mass is 10.1. The summed E-state index contributed by atoms with van der Waals surface area (Å²) < 4.78 is 21.4. The third-order valence-electron chi connectivity index (χ3n) is 2.22. The molecule has 0 fully saturated rings. The molecule has 19 heavy (non-hydrogen) atoms. The molecule has 1 aliphatic rings. The third-order valence-corrected chi connectivity index (χ3v) is 3.15. The van der Waals surface area contributed by atoms with Gasteiger partial charge in [-0.25, -0.2) is 18.4 Å². The maximum absolute atomic E-state index is 10.7. The summed E-state index contributed by atoms with van der Waals surface area (Å²) in [6.45, 7) is 0. The lowest BCUT2D eigenvalue weighted by Crippen LogP contribution is -2.11. The van der Waals surface area contributed by atoms with Crippen molar-refractivity contribution in [2.75, 3.05) is 5.73 Å². The van der Waals surface area contributed by atoms with E-state index in [1.165, 1.54) is 24.3 Å². The van der Waals surface area contributed by atoms with Crippen LogP contribution in [0.4, 0.5) is 5.69 Å². The van der Waals surface area contributed by atoms with Gasteiger partial charge in [-0.3, -0.25) is 0 Å². The van der Waals surface area contributed by atoms with Crippen molar-refractivity contribution in [3.05, 3.63) is 54.1 Å². The normalized spacial score (nSPS) is 13.4. The van der Waals surface area contributed by atoms with Crippen LogP contribution in [-0.4, -0.2) is 14.4 Å². The second-order valence-electron chi connectivity index (χ2n) is 3.73. The minimum atomic E-state index is -3.58. The number of benzene rings is 1. The van der Waals surface area contributed by atoms with Crippen LogP contribution in [0.15, 0.2) is 59.0 Å². The molecule has 1 aliphatic carbocycles. The first kappa shape index (κ1) is 14.9. The molecule has 0 radical (unpaired) electrons. The van der Waals surface area contributed by atoms with Crippen LogP contribution in [0.3, 0.4) is 0 Å². The van der Waals surface area contributed by atoms with Crippen molar-refractivity contribution in [3.63, 3.8) is 0 Å². The summed E-state index contributed by atoms with van der Waals surface area (Å²) in [6, 6.07) is 5.70. The molecule has 0 spiro atoms. The molecule has 6 heteroatoms. The summed E-state index contributed by atoms with van der Waals surface area (Å²) in [7, 11) is -3.58. The molecule has 5 nitrogen and oxygen atoms in total. The van der Waals surface area contributed by atoms with E-state index < -0.39 is 10.0 Å². The van der Waals surface area contributed by atoms with Crippen LogP contribution in [0.5, 0.6) is 0 Å². The summed E-state index contributed by atoms with van der Waals surface area (Å²) in [6.07, 6.45) is 8.19. The Balaban J connectivity index is 0.000000200. The van der Waals surface area contributed by atoms with Crippen LogP contribution < -0.4 is 10.9 Å². The maximum Gasteiger partial charge on any atom is 0.238 e. The van der Waals surface area contributed by atoms with Crippen molar-refractivity contribution in [1.82, 2.24) is 0 Å². The smallest absolute Gasteiger partial charge is 0.238 e. The Kier molecular flexibility index (Phi) is 5.26. The van der Waals surface area contributed by atoms with Crippen molar-refractivity contribution in [3.8, 4) is 0 Å². The minimum absolute atomic E-state index is 0.0756. The Hall–Kier alpha value is -2.14. The molecule has 0 amide bonds. The number of hydrogen-bond acceptors (Lipinski definition) is 4. The molecule has 0 aromatic heterocycles. The third kappa shape index (κ3) is 5.35. The molecule has 0 heterocycles. The van der Waals surface area contributed by atoms with Gasteiger partial charge in [0, 0.05) is 17.7 Å². The first-order valence-corrected chi connectivity index (χ1v) is 6.93. The predicted octanol–water partition coefficient (Wildman–Crippen LogP) is 1.18. The standard InChI is InChI=1S/C7H6O.C6H8N2O2S/c8-6-7-4-2-1-3-5-7;7-5-1-3-6(4-2-5)11(8,9)10/h1-4H,5H2;1-4H,7H2,(H2,8,9,10). The van der Waals surface area contributed by atoms with Crippen LogP contribution in [0.1, 0.15) is 6.42 Å². The molecule has 0 aliphatic heterocycles. The van der Waals surface area contributed by atoms with Crippen molar-refractivity contribution in [1.29, 1.82) is 0 Å². The van der Waals surface area contributed by atoms with Crippen molar-refractivity contribution < 1.29 is 13.2 Å². The van der Waals surface area contributed by atoms with Gasteiger partial charge < -0.3 is 5.73 Å². The van der Waals surface area contributed by atoms with Crippen LogP contribution in [-0.2, 0) is 14.8 Å². The maximum atomic E-state index is 10.7. The minimum Gasteiger partial charge on any atom is -0.399 e.